The summed E-state index contributed by atoms with van der Waals surface area (Å²) in [5, 5.41) is 0. The van der Waals surface area contributed by atoms with E-state index in [4.69, 9.17) is 11.6 Å². The maximum atomic E-state index is 5.50. The minimum atomic E-state index is 0.794. The molecule has 0 unspecified atom stereocenters. The van der Waals surface area contributed by atoms with Crippen molar-refractivity contribution in [3.63, 3.8) is 0 Å². The van der Waals surface area contributed by atoms with Crippen LogP contribution in [0.3, 0.4) is 0 Å². The zero-order chi connectivity index (χ0) is 7.11. The summed E-state index contributed by atoms with van der Waals surface area (Å²) >= 11 is 7.45. The second kappa shape index (κ2) is 6.76. The molecule has 0 atom stereocenters. The van der Waals surface area contributed by atoms with Gasteiger partial charge in [-0.1, -0.05) is 13.8 Å². The van der Waals surface area contributed by atoms with Crippen LogP contribution in [0.1, 0.15) is 20.3 Å². The van der Waals surface area contributed by atoms with E-state index in [1.165, 1.54) is 12.2 Å². The standard InChI is InChI=1S/C7H15ClS/c1-7(2)3-5-9-6-4-8/h7H,3-6H2,1-2H3. The van der Waals surface area contributed by atoms with Crippen molar-refractivity contribution in [3.8, 4) is 0 Å². The van der Waals surface area contributed by atoms with E-state index in [1.807, 2.05) is 11.8 Å². The molecule has 0 aromatic rings. The van der Waals surface area contributed by atoms with Gasteiger partial charge in [-0.3, -0.25) is 0 Å². The molecule has 9 heavy (non-hydrogen) atoms. The highest BCUT2D eigenvalue weighted by Crippen LogP contribution is 2.08. The van der Waals surface area contributed by atoms with E-state index in [-0.39, 0.29) is 0 Å². The third-order valence-electron chi connectivity index (χ3n) is 1.06. The van der Waals surface area contributed by atoms with Crippen molar-refractivity contribution in [1.82, 2.24) is 0 Å². The SMILES string of the molecule is CC(C)CCSCCCl. The van der Waals surface area contributed by atoms with Gasteiger partial charge in [0.2, 0.25) is 0 Å². The van der Waals surface area contributed by atoms with Gasteiger partial charge in [-0.25, -0.2) is 0 Å². The molecule has 0 fully saturated rings. The molecule has 0 heterocycles. The van der Waals surface area contributed by atoms with Gasteiger partial charge in [0, 0.05) is 11.6 Å². The van der Waals surface area contributed by atoms with Crippen molar-refractivity contribution in [2.45, 2.75) is 20.3 Å². The molecular formula is C7H15ClS. The lowest BCUT2D eigenvalue weighted by Crippen LogP contribution is -1.90. The highest BCUT2D eigenvalue weighted by molar-refractivity contribution is 7.99. The van der Waals surface area contributed by atoms with Gasteiger partial charge in [0.25, 0.3) is 0 Å². The lowest BCUT2D eigenvalue weighted by molar-refractivity contribution is 0.632. The fourth-order valence-corrected chi connectivity index (χ4v) is 1.75. The number of halogens is 1. The molecule has 0 bridgehead atoms. The molecule has 0 N–H and O–H groups in total. The number of alkyl halides is 1. The van der Waals surface area contributed by atoms with Crippen LogP contribution in [0.4, 0.5) is 0 Å². The first-order valence-corrected chi connectivity index (χ1v) is 5.10. The van der Waals surface area contributed by atoms with Gasteiger partial charge >= 0.3 is 0 Å². The van der Waals surface area contributed by atoms with Crippen molar-refractivity contribution in [2.75, 3.05) is 17.4 Å². The van der Waals surface area contributed by atoms with Crippen LogP contribution >= 0.6 is 23.4 Å². The molecule has 0 radical (unpaired) electrons. The zero-order valence-electron chi connectivity index (χ0n) is 6.19. The summed E-state index contributed by atoms with van der Waals surface area (Å²) in [6.45, 7) is 4.50. The van der Waals surface area contributed by atoms with Crippen molar-refractivity contribution in [2.24, 2.45) is 5.92 Å². The van der Waals surface area contributed by atoms with Crippen LogP contribution in [0.15, 0.2) is 0 Å². The number of rotatable bonds is 5. The predicted octanol–water partition coefficient (Wildman–Crippen LogP) is 3.00. The van der Waals surface area contributed by atoms with E-state index in [0.29, 0.717) is 0 Å². The van der Waals surface area contributed by atoms with Crippen LogP contribution in [-0.4, -0.2) is 17.4 Å². The van der Waals surface area contributed by atoms with Crippen LogP contribution < -0.4 is 0 Å². The molecule has 0 aliphatic carbocycles. The van der Waals surface area contributed by atoms with Crippen LogP contribution in [0.25, 0.3) is 0 Å². The quantitative estimate of drug-likeness (QED) is 0.447. The number of thioether (sulfide) groups is 1. The van der Waals surface area contributed by atoms with Gasteiger partial charge in [-0.2, -0.15) is 11.8 Å². The predicted molar refractivity (Wildman–Crippen MR) is 47.5 cm³/mol. The van der Waals surface area contributed by atoms with Crippen molar-refractivity contribution < 1.29 is 0 Å². The van der Waals surface area contributed by atoms with E-state index in [9.17, 15) is 0 Å². The molecule has 0 saturated carbocycles. The molecular weight excluding hydrogens is 152 g/mol. The van der Waals surface area contributed by atoms with Crippen molar-refractivity contribution in [3.05, 3.63) is 0 Å². The fourth-order valence-electron chi connectivity index (χ4n) is 0.476. The molecule has 0 aliphatic heterocycles. The second-order valence-electron chi connectivity index (χ2n) is 2.48. The lowest BCUT2D eigenvalue weighted by Gasteiger charge is -2.01. The molecule has 0 saturated heterocycles. The number of hydrogen-bond donors (Lipinski definition) is 0. The average molecular weight is 167 g/mol. The first-order valence-electron chi connectivity index (χ1n) is 3.41. The van der Waals surface area contributed by atoms with Gasteiger partial charge in [0.15, 0.2) is 0 Å². The van der Waals surface area contributed by atoms with Crippen LogP contribution in [0, 0.1) is 5.92 Å². The largest absolute Gasteiger partial charge is 0.161 e. The summed E-state index contributed by atoms with van der Waals surface area (Å²) in [6.07, 6.45) is 1.32. The first-order chi connectivity index (χ1) is 4.27. The van der Waals surface area contributed by atoms with Crippen molar-refractivity contribution >= 4 is 23.4 Å². The van der Waals surface area contributed by atoms with E-state index >= 15 is 0 Å². The molecule has 0 spiro atoms. The van der Waals surface area contributed by atoms with Gasteiger partial charge < -0.3 is 0 Å². The Balaban J connectivity index is 2.75. The first kappa shape index (κ1) is 9.64. The Bertz CT molecular complexity index is 54.9. The van der Waals surface area contributed by atoms with E-state index in [0.717, 1.165) is 17.6 Å². The molecule has 56 valence electrons. The Kier molecular flexibility index (Phi) is 7.24. The highest BCUT2D eigenvalue weighted by Gasteiger charge is 1.92. The second-order valence-corrected chi connectivity index (χ2v) is 4.09. The Morgan fingerprint density at radius 1 is 1.33 bits per heavy atom. The Labute approximate surface area is 67.4 Å². The monoisotopic (exact) mass is 166 g/mol. The summed E-state index contributed by atoms with van der Waals surface area (Å²) in [4.78, 5) is 0. The molecule has 2 heteroatoms. The summed E-state index contributed by atoms with van der Waals surface area (Å²) in [7, 11) is 0. The van der Waals surface area contributed by atoms with Crippen LogP contribution in [-0.2, 0) is 0 Å². The topological polar surface area (TPSA) is 0 Å². The van der Waals surface area contributed by atoms with E-state index in [1.54, 1.807) is 0 Å². The lowest BCUT2D eigenvalue weighted by atomic mass is 10.2. The fraction of sp³-hybridized carbons (Fsp3) is 1.00. The van der Waals surface area contributed by atoms with Gasteiger partial charge in [-0.05, 0) is 18.1 Å². The molecule has 0 aromatic carbocycles. The summed E-state index contributed by atoms with van der Waals surface area (Å²) in [5.74, 6) is 4.01. The van der Waals surface area contributed by atoms with Crippen LogP contribution in [0.2, 0.25) is 0 Å². The van der Waals surface area contributed by atoms with Crippen LogP contribution in [0.5, 0.6) is 0 Å². The number of hydrogen-bond acceptors (Lipinski definition) is 1. The summed E-state index contributed by atoms with van der Waals surface area (Å²) in [6, 6.07) is 0. The van der Waals surface area contributed by atoms with Gasteiger partial charge in [-0.15, -0.1) is 11.6 Å². The van der Waals surface area contributed by atoms with E-state index in [2.05, 4.69) is 13.8 Å². The van der Waals surface area contributed by atoms with Gasteiger partial charge in [0.05, 0.1) is 0 Å². The molecule has 0 nitrogen and oxygen atoms in total. The maximum Gasteiger partial charge on any atom is 0.0314 e. The zero-order valence-corrected chi connectivity index (χ0v) is 7.76. The molecule has 0 amide bonds. The normalized spacial score (nSPS) is 10.7. The van der Waals surface area contributed by atoms with Crippen molar-refractivity contribution in [1.29, 1.82) is 0 Å². The van der Waals surface area contributed by atoms with Gasteiger partial charge in [0.1, 0.15) is 0 Å². The smallest absolute Gasteiger partial charge is 0.0314 e. The van der Waals surface area contributed by atoms with E-state index < -0.39 is 0 Å². The Morgan fingerprint density at radius 3 is 2.44 bits per heavy atom. The average Bonchev–Trinajstić information content (AvgIpc) is 1.80. The minimum absolute atomic E-state index is 0.794. The third-order valence-corrected chi connectivity index (χ3v) is 2.49. The summed E-state index contributed by atoms with van der Waals surface area (Å²) < 4.78 is 0. The maximum absolute atomic E-state index is 5.50. The summed E-state index contributed by atoms with van der Waals surface area (Å²) in [5.41, 5.74) is 0. The molecule has 0 aliphatic rings. The Hall–Kier alpha value is 0.640. The minimum Gasteiger partial charge on any atom is -0.161 e. The third kappa shape index (κ3) is 8.64. The molecule has 0 rings (SSSR count). The molecule has 0 aromatic heterocycles. The highest BCUT2D eigenvalue weighted by atomic mass is 35.5. The Morgan fingerprint density at radius 2 is 2.00 bits per heavy atom.